The highest BCUT2D eigenvalue weighted by molar-refractivity contribution is 7.11. The molecule has 0 saturated heterocycles. The Hall–Kier alpha value is -1.59. The van der Waals surface area contributed by atoms with Crippen LogP contribution in [-0.2, 0) is 6.54 Å². The van der Waals surface area contributed by atoms with Gasteiger partial charge in [0.05, 0.1) is 22.1 Å². The summed E-state index contributed by atoms with van der Waals surface area (Å²) in [6.45, 7) is 2.30. The van der Waals surface area contributed by atoms with Crippen LogP contribution < -0.4 is 5.32 Å². The molecule has 1 aromatic heterocycles. The molecule has 0 fully saturated rings. The number of amides is 1. The Morgan fingerprint density at radius 2 is 2.33 bits per heavy atom. The van der Waals surface area contributed by atoms with Gasteiger partial charge in [0, 0.05) is 11.1 Å². The van der Waals surface area contributed by atoms with E-state index in [9.17, 15) is 9.90 Å². The molecule has 0 aliphatic carbocycles. The number of benzene rings is 1. The summed E-state index contributed by atoms with van der Waals surface area (Å²) >= 11 is 7.42. The Labute approximate surface area is 113 Å². The summed E-state index contributed by atoms with van der Waals surface area (Å²) < 4.78 is 0. The van der Waals surface area contributed by atoms with Crippen LogP contribution in [0, 0.1) is 6.92 Å². The van der Waals surface area contributed by atoms with Crippen molar-refractivity contribution in [2.45, 2.75) is 13.5 Å². The number of hydrogen-bond acceptors (Lipinski definition) is 4. The first-order valence-corrected chi connectivity index (χ1v) is 6.44. The zero-order chi connectivity index (χ0) is 13.1. The van der Waals surface area contributed by atoms with Crippen LogP contribution in [-0.4, -0.2) is 16.0 Å². The van der Waals surface area contributed by atoms with Crippen molar-refractivity contribution in [2.75, 3.05) is 0 Å². The molecule has 0 aliphatic heterocycles. The Balaban J connectivity index is 2.05. The third kappa shape index (κ3) is 3.00. The van der Waals surface area contributed by atoms with E-state index in [2.05, 4.69) is 10.3 Å². The minimum atomic E-state index is -0.318. The molecule has 2 rings (SSSR count). The number of carbonyl (C=O) groups excluding carboxylic acids is 1. The van der Waals surface area contributed by atoms with E-state index in [1.54, 1.807) is 6.20 Å². The van der Waals surface area contributed by atoms with Crippen molar-refractivity contribution in [1.29, 1.82) is 0 Å². The third-order valence-corrected chi connectivity index (χ3v) is 3.53. The van der Waals surface area contributed by atoms with Gasteiger partial charge in [-0.25, -0.2) is 4.98 Å². The molecule has 2 aromatic rings. The molecule has 94 valence electrons. The van der Waals surface area contributed by atoms with Crippen molar-refractivity contribution in [2.24, 2.45) is 0 Å². The van der Waals surface area contributed by atoms with Gasteiger partial charge in [-0.05, 0) is 25.1 Å². The minimum Gasteiger partial charge on any atom is -0.508 e. The number of phenols is 1. The summed E-state index contributed by atoms with van der Waals surface area (Å²) in [5, 5.41) is 13.3. The van der Waals surface area contributed by atoms with Gasteiger partial charge >= 0.3 is 0 Å². The number of nitrogens with zero attached hydrogens (tertiary/aromatic N) is 1. The number of rotatable bonds is 3. The maximum absolute atomic E-state index is 11.9. The highest BCUT2D eigenvalue weighted by Gasteiger charge is 2.11. The standard InChI is InChI=1S/C12H11ClN2O2S/c1-7-14-5-9(18-7)6-15-12(17)10-4-8(16)2-3-11(10)13/h2-5,16H,6H2,1H3,(H,15,17). The average molecular weight is 283 g/mol. The van der Waals surface area contributed by atoms with E-state index < -0.39 is 0 Å². The number of aromatic hydroxyl groups is 1. The van der Waals surface area contributed by atoms with Crippen LogP contribution in [0.3, 0.4) is 0 Å². The van der Waals surface area contributed by atoms with Crippen molar-refractivity contribution < 1.29 is 9.90 Å². The summed E-state index contributed by atoms with van der Waals surface area (Å²) in [5.74, 6) is -0.305. The highest BCUT2D eigenvalue weighted by atomic mass is 35.5. The number of thiazole rings is 1. The van der Waals surface area contributed by atoms with Crippen LogP contribution in [0.15, 0.2) is 24.4 Å². The molecule has 6 heteroatoms. The van der Waals surface area contributed by atoms with E-state index in [-0.39, 0.29) is 17.2 Å². The number of hydrogen-bond donors (Lipinski definition) is 2. The van der Waals surface area contributed by atoms with Gasteiger partial charge in [-0.3, -0.25) is 4.79 Å². The predicted molar refractivity (Wildman–Crippen MR) is 71.1 cm³/mol. The SMILES string of the molecule is Cc1ncc(CNC(=O)c2cc(O)ccc2Cl)s1. The summed E-state index contributed by atoms with van der Waals surface area (Å²) in [5.41, 5.74) is 0.262. The quantitative estimate of drug-likeness (QED) is 0.910. The number of carbonyl (C=O) groups is 1. The van der Waals surface area contributed by atoms with Gasteiger partial charge in [-0.1, -0.05) is 11.6 Å². The second-order valence-electron chi connectivity index (χ2n) is 3.69. The first kappa shape index (κ1) is 12.9. The van der Waals surface area contributed by atoms with Gasteiger partial charge in [0.15, 0.2) is 0 Å². The van der Waals surface area contributed by atoms with E-state index in [0.717, 1.165) is 9.88 Å². The molecular weight excluding hydrogens is 272 g/mol. The predicted octanol–water partition coefficient (Wildman–Crippen LogP) is 2.74. The van der Waals surface area contributed by atoms with Crippen molar-refractivity contribution >= 4 is 28.8 Å². The van der Waals surface area contributed by atoms with Crippen molar-refractivity contribution in [3.63, 3.8) is 0 Å². The van der Waals surface area contributed by atoms with Crippen LogP contribution in [0.5, 0.6) is 5.75 Å². The van der Waals surface area contributed by atoms with Crippen LogP contribution >= 0.6 is 22.9 Å². The van der Waals surface area contributed by atoms with E-state index in [1.807, 2.05) is 6.92 Å². The van der Waals surface area contributed by atoms with Crippen LogP contribution in [0.4, 0.5) is 0 Å². The van der Waals surface area contributed by atoms with E-state index in [0.29, 0.717) is 11.6 Å². The van der Waals surface area contributed by atoms with Crippen LogP contribution in [0.2, 0.25) is 5.02 Å². The summed E-state index contributed by atoms with van der Waals surface area (Å²) in [6.07, 6.45) is 1.73. The summed E-state index contributed by atoms with van der Waals surface area (Å²) in [4.78, 5) is 16.9. The molecule has 18 heavy (non-hydrogen) atoms. The lowest BCUT2D eigenvalue weighted by molar-refractivity contribution is 0.0951. The Bertz CT molecular complexity index is 583. The molecule has 1 heterocycles. The topological polar surface area (TPSA) is 62.2 Å². The van der Waals surface area contributed by atoms with Crippen molar-refractivity contribution in [3.8, 4) is 5.75 Å². The van der Waals surface area contributed by atoms with Gasteiger partial charge in [-0.15, -0.1) is 11.3 Å². The molecule has 0 aliphatic rings. The smallest absolute Gasteiger partial charge is 0.253 e. The minimum absolute atomic E-state index is 0.0122. The molecule has 0 unspecified atom stereocenters. The summed E-state index contributed by atoms with van der Waals surface area (Å²) in [7, 11) is 0. The Morgan fingerprint density at radius 3 is 3.00 bits per heavy atom. The van der Waals surface area contributed by atoms with Gasteiger partial charge in [-0.2, -0.15) is 0 Å². The maximum atomic E-state index is 11.9. The van der Waals surface area contributed by atoms with Crippen LogP contribution in [0.1, 0.15) is 20.2 Å². The number of aromatic nitrogens is 1. The molecule has 0 atom stereocenters. The molecule has 2 N–H and O–H groups in total. The van der Waals surface area contributed by atoms with Gasteiger partial charge in [0.1, 0.15) is 5.75 Å². The second kappa shape index (κ2) is 5.37. The molecule has 4 nitrogen and oxygen atoms in total. The van der Waals surface area contributed by atoms with Gasteiger partial charge in [0.2, 0.25) is 0 Å². The Morgan fingerprint density at radius 1 is 1.56 bits per heavy atom. The molecule has 0 spiro atoms. The number of phenolic OH excluding ortho intramolecular Hbond substituents is 1. The first-order chi connectivity index (χ1) is 8.56. The maximum Gasteiger partial charge on any atom is 0.253 e. The van der Waals surface area contributed by atoms with Crippen LogP contribution in [0.25, 0.3) is 0 Å². The lowest BCUT2D eigenvalue weighted by atomic mass is 10.2. The number of nitrogens with one attached hydrogen (secondary N) is 1. The summed E-state index contributed by atoms with van der Waals surface area (Å²) in [6, 6.07) is 4.27. The molecular formula is C12H11ClN2O2S. The third-order valence-electron chi connectivity index (χ3n) is 2.29. The molecule has 0 bridgehead atoms. The lowest BCUT2D eigenvalue weighted by Crippen LogP contribution is -2.22. The highest BCUT2D eigenvalue weighted by Crippen LogP contribution is 2.21. The fraction of sp³-hybridized carbons (Fsp3) is 0.167. The van der Waals surface area contributed by atoms with E-state index in [1.165, 1.54) is 29.5 Å². The van der Waals surface area contributed by atoms with E-state index in [4.69, 9.17) is 11.6 Å². The first-order valence-electron chi connectivity index (χ1n) is 5.24. The molecule has 0 saturated carbocycles. The van der Waals surface area contributed by atoms with E-state index >= 15 is 0 Å². The molecule has 0 radical (unpaired) electrons. The Kier molecular flexibility index (Phi) is 3.84. The zero-order valence-electron chi connectivity index (χ0n) is 9.61. The normalized spacial score (nSPS) is 10.3. The molecule has 1 amide bonds. The van der Waals surface area contributed by atoms with Gasteiger partial charge in [0.25, 0.3) is 5.91 Å². The average Bonchev–Trinajstić information content (AvgIpc) is 2.75. The fourth-order valence-electron chi connectivity index (χ4n) is 1.44. The number of aryl methyl sites for hydroxylation is 1. The second-order valence-corrected chi connectivity index (χ2v) is 5.42. The van der Waals surface area contributed by atoms with Gasteiger partial charge < -0.3 is 10.4 Å². The van der Waals surface area contributed by atoms with Crippen molar-refractivity contribution in [1.82, 2.24) is 10.3 Å². The zero-order valence-corrected chi connectivity index (χ0v) is 11.2. The largest absolute Gasteiger partial charge is 0.508 e. The molecule has 1 aromatic carbocycles. The number of halogens is 1. The lowest BCUT2D eigenvalue weighted by Gasteiger charge is -2.05. The van der Waals surface area contributed by atoms with Crippen molar-refractivity contribution in [3.05, 3.63) is 44.9 Å². The monoisotopic (exact) mass is 282 g/mol. The fourth-order valence-corrected chi connectivity index (χ4v) is 2.37.